The van der Waals surface area contributed by atoms with E-state index in [9.17, 15) is 4.79 Å². The van der Waals surface area contributed by atoms with Gasteiger partial charge in [-0.3, -0.25) is 4.79 Å². The monoisotopic (exact) mass is 308 g/mol. The summed E-state index contributed by atoms with van der Waals surface area (Å²) in [5, 5.41) is 0.551. The maximum absolute atomic E-state index is 12.2. The SMILES string of the molecule is Cc1ccc(C(=O)c2cc(Cl)cc(Br)c2)cc1. The quantitative estimate of drug-likeness (QED) is 0.738. The number of carbonyl (C=O) groups is 1. The normalized spacial score (nSPS) is 10.3. The van der Waals surface area contributed by atoms with Gasteiger partial charge in [0.05, 0.1) is 0 Å². The molecule has 0 aliphatic rings. The van der Waals surface area contributed by atoms with Crippen molar-refractivity contribution in [3.63, 3.8) is 0 Å². The Morgan fingerprint density at radius 2 is 1.71 bits per heavy atom. The van der Waals surface area contributed by atoms with Gasteiger partial charge in [-0.05, 0) is 25.1 Å². The molecule has 0 aromatic heterocycles. The van der Waals surface area contributed by atoms with Crippen molar-refractivity contribution in [3.8, 4) is 0 Å². The third kappa shape index (κ3) is 2.96. The lowest BCUT2D eigenvalue weighted by Gasteiger charge is -2.03. The Bertz CT molecular complexity index is 541. The fourth-order valence-corrected chi connectivity index (χ4v) is 2.42. The van der Waals surface area contributed by atoms with Crippen LogP contribution in [0.15, 0.2) is 46.9 Å². The highest BCUT2D eigenvalue weighted by atomic mass is 79.9. The molecule has 17 heavy (non-hydrogen) atoms. The molecular formula is C14H10BrClO. The number of halogens is 2. The number of hydrogen-bond acceptors (Lipinski definition) is 1. The van der Waals surface area contributed by atoms with E-state index in [1.165, 1.54) is 0 Å². The standard InChI is InChI=1S/C14H10BrClO/c1-9-2-4-10(5-3-9)14(17)11-6-12(15)8-13(16)7-11/h2-8H,1H3. The largest absolute Gasteiger partial charge is 0.289 e. The average Bonchev–Trinajstić information content (AvgIpc) is 2.28. The molecule has 0 fully saturated rings. The van der Waals surface area contributed by atoms with Crippen LogP contribution in [0, 0.1) is 6.92 Å². The van der Waals surface area contributed by atoms with Crippen LogP contribution in [0.2, 0.25) is 5.02 Å². The number of aryl methyl sites for hydroxylation is 1. The van der Waals surface area contributed by atoms with Crippen LogP contribution in [0.4, 0.5) is 0 Å². The molecule has 86 valence electrons. The van der Waals surface area contributed by atoms with Gasteiger partial charge in [0.1, 0.15) is 0 Å². The summed E-state index contributed by atoms with van der Waals surface area (Å²) in [6.07, 6.45) is 0. The molecule has 0 radical (unpaired) electrons. The van der Waals surface area contributed by atoms with Crippen LogP contribution in [-0.4, -0.2) is 5.78 Å². The van der Waals surface area contributed by atoms with Crippen molar-refractivity contribution < 1.29 is 4.79 Å². The van der Waals surface area contributed by atoms with Crippen molar-refractivity contribution in [2.45, 2.75) is 6.92 Å². The van der Waals surface area contributed by atoms with E-state index in [1.807, 2.05) is 31.2 Å². The Labute approximate surface area is 114 Å². The number of benzene rings is 2. The molecule has 0 spiro atoms. The molecule has 3 heteroatoms. The van der Waals surface area contributed by atoms with Crippen LogP contribution in [0.1, 0.15) is 21.5 Å². The summed E-state index contributed by atoms with van der Waals surface area (Å²) in [6.45, 7) is 1.99. The summed E-state index contributed by atoms with van der Waals surface area (Å²) in [5.74, 6) is -0.0202. The first-order chi connectivity index (χ1) is 8.06. The topological polar surface area (TPSA) is 17.1 Å². The Hall–Kier alpha value is -1.12. The van der Waals surface area contributed by atoms with E-state index in [0.29, 0.717) is 16.1 Å². The summed E-state index contributed by atoms with van der Waals surface area (Å²) in [4.78, 5) is 12.2. The van der Waals surface area contributed by atoms with E-state index >= 15 is 0 Å². The van der Waals surface area contributed by atoms with Crippen LogP contribution in [0.25, 0.3) is 0 Å². The molecule has 2 aromatic rings. The summed E-state index contributed by atoms with van der Waals surface area (Å²) in [7, 11) is 0. The highest BCUT2D eigenvalue weighted by Gasteiger charge is 2.10. The zero-order valence-corrected chi connectivity index (χ0v) is 11.5. The van der Waals surface area contributed by atoms with Crippen molar-refractivity contribution >= 4 is 33.3 Å². The van der Waals surface area contributed by atoms with Crippen LogP contribution >= 0.6 is 27.5 Å². The minimum absolute atomic E-state index is 0.0202. The van der Waals surface area contributed by atoms with Gasteiger partial charge >= 0.3 is 0 Å². The molecule has 2 aromatic carbocycles. The highest BCUT2D eigenvalue weighted by molar-refractivity contribution is 9.10. The number of hydrogen-bond donors (Lipinski definition) is 0. The molecule has 0 atom stereocenters. The number of rotatable bonds is 2. The second kappa shape index (κ2) is 5.03. The fourth-order valence-electron chi connectivity index (χ4n) is 1.56. The molecule has 2 rings (SSSR count). The molecule has 0 amide bonds. The molecule has 0 aliphatic carbocycles. The lowest BCUT2D eigenvalue weighted by atomic mass is 10.0. The van der Waals surface area contributed by atoms with Gasteiger partial charge in [-0.1, -0.05) is 57.4 Å². The molecule has 0 saturated heterocycles. The third-order valence-corrected chi connectivity index (χ3v) is 3.11. The molecule has 0 aliphatic heterocycles. The predicted molar refractivity (Wildman–Crippen MR) is 73.8 cm³/mol. The Kier molecular flexibility index (Phi) is 3.65. The molecule has 0 saturated carbocycles. The van der Waals surface area contributed by atoms with Gasteiger partial charge < -0.3 is 0 Å². The van der Waals surface area contributed by atoms with E-state index in [1.54, 1.807) is 18.2 Å². The molecule has 1 nitrogen and oxygen atoms in total. The first-order valence-electron chi connectivity index (χ1n) is 5.14. The van der Waals surface area contributed by atoms with Gasteiger partial charge in [-0.2, -0.15) is 0 Å². The second-order valence-electron chi connectivity index (χ2n) is 3.85. The van der Waals surface area contributed by atoms with Crippen molar-refractivity contribution in [1.29, 1.82) is 0 Å². The van der Waals surface area contributed by atoms with E-state index < -0.39 is 0 Å². The maximum atomic E-state index is 12.2. The van der Waals surface area contributed by atoms with Crippen molar-refractivity contribution in [2.24, 2.45) is 0 Å². The average molecular weight is 310 g/mol. The van der Waals surface area contributed by atoms with Gasteiger partial charge in [0, 0.05) is 20.6 Å². The van der Waals surface area contributed by atoms with Crippen molar-refractivity contribution in [1.82, 2.24) is 0 Å². The third-order valence-electron chi connectivity index (χ3n) is 2.44. The zero-order valence-electron chi connectivity index (χ0n) is 9.21. The summed E-state index contributed by atoms with van der Waals surface area (Å²) < 4.78 is 0.806. The Morgan fingerprint density at radius 1 is 1.06 bits per heavy atom. The second-order valence-corrected chi connectivity index (χ2v) is 5.21. The van der Waals surface area contributed by atoms with Crippen LogP contribution in [0.5, 0.6) is 0 Å². The van der Waals surface area contributed by atoms with Crippen molar-refractivity contribution in [3.05, 3.63) is 68.7 Å². The fraction of sp³-hybridized carbons (Fsp3) is 0.0714. The number of carbonyl (C=O) groups excluding carboxylic acids is 1. The molecule has 0 heterocycles. The minimum atomic E-state index is -0.0202. The first-order valence-corrected chi connectivity index (χ1v) is 6.31. The van der Waals surface area contributed by atoms with Crippen LogP contribution in [-0.2, 0) is 0 Å². The summed E-state index contributed by atoms with van der Waals surface area (Å²) in [6, 6.07) is 12.7. The van der Waals surface area contributed by atoms with Crippen molar-refractivity contribution in [2.75, 3.05) is 0 Å². The zero-order chi connectivity index (χ0) is 12.4. The maximum Gasteiger partial charge on any atom is 0.193 e. The Balaban J connectivity index is 2.40. The predicted octanol–water partition coefficient (Wildman–Crippen LogP) is 4.64. The van der Waals surface area contributed by atoms with E-state index in [4.69, 9.17) is 11.6 Å². The van der Waals surface area contributed by atoms with Crippen LogP contribution < -0.4 is 0 Å². The molecule has 0 bridgehead atoms. The van der Waals surface area contributed by atoms with Gasteiger partial charge in [-0.15, -0.1) is 0 Å². The lowest BCUT2D eigenvalue weighted by molar-refractivity contribution is 0.103. The minimum Gasteiger partial charge on any atom is -0.289 e. The van der Waals surface area contributed by atoms with Gasteiger partial charge in [0.15, 0.2) is 5.78 Å². The van der Waals surface area contributed by atoms with Gasteiger partial charge in [-0.25, -0.2) is 0 Å². The number of ketones is 1. The molecule has 0 unspecified atom stereocenters. The molecular weight excluding hydrogens is 300 g/mol. The first kappa shape index (κ1) is 12.3. The van der Waals surface area contributed by atoms with Gasteiger partial charge in [0.25, 0.3) is 0 Å². The summed E-state index contributed by atoms with van der Waals surface area (Å²) >= 11 is 9.25. The summed E-state index contributed by atoms with van der Waals surface area (Å²) in [5.41, 5.74) is 2.40. The highest BCUT2D eigenvalue weighted by Crippen LogP contribution is 2.21. The van der Waals surface area contributed by atoms with E-state index in [0.717, 1.165) is 10.0 Å². The van der Waals surface area contributed by atoms with E-state index in [2.05, 4.69) is 15.9 Å². The lowest BCUT2D eigenvalue weighted by Crippen LogP contribution is -2.01. The van der Waals surface area contributed by atoms with Crippen LogP contribution in [0.3, 0.4) is 0 Å². The smallest absolute Gasteiger partial charge is 0.193 e. The van der Waals surface area contributed by atoms with E-state index in [-0.39, 0.29) is 5.78 Å². The van der Waals surface area contributed by atoms with Gasteiger partial charge in [0.2, 0.25) is 0 Å². The Morgan fingerprint density at radius 3 is 2.29 bits per heavy atom. The molecule has 0 N–H and O–H groups in total.